The topological polar surface area (TPSA) is 46.5 Å². The maximum atomic E-state index is 10.7. The molecule has 1 rings (SSSR count). The number of halogens is 1. The molecule has 0 saturated carbocycles. The van der Waals surface area contributed by atoms with Crippen LogP contribution < -0.4 is 4.74 Å². The molecule has 0 aliphatic rings. The molecule has 3 nitrogen and oxygen atoms in total. The molecule has 0 radical (unpaired) electrons. The molecule has 0 fully saturated rings. The van der Waals surface area contributed by atoms with E-state index in [1.165, 1.54) is 0 Å². The summed E-state index contributed by atoms with van der Waals surface area (Å²) in [6.45, 7) is 7.82. The van der Waals surface area contributed by atoms with E-state index >= 15 is 0 Å². The van der Waals surface area contributed by atoms with E-state index in [0.717, 1.165) is 16.9 Å². The van der Waals surface area contributed by atoms with E-state index in [0.29, 0.717) is 5.02 Å². The summed E-state index contributed by atoms with van der Waals surface area (Å²) in [7, 11) is 0. The van der Waals surface area contributed by atoms with Crippen LogP contribution in [-0.2, 0) is 4.79 Å². The van der Waals surface area contributed by atoms with Crippen molar-refractivity contribution in [2.24, 2.45) is 0 Å². The zero-order valence-electron chi connectivity index (χ0n) is 11.7. The van der Waals surface area contributed by atoms with Crippen molar-refractivity contribution in [3.05, 3.63) is 39.9 Å². The summed E-state index contributed by atoms with van der Waals surface area (Å²) in [5.41, 5.74) is 2.24. The van der Waals surface area contributed by atoms with E-state index in [9.17, 15) is 4.79 Å². The third-order valence-corrected chi connectivity index (χ3v) is 3.29. The zero-order valence-corrected chi connectivity index (χ0v) is 12.4. The molecule has 19 heavy (non-hydrogen) atoms. The molecule has 0 heterocycles. The Hall–Kier alpha value is -1.48. The van der Waals surface area contributed by atoms with Gasteiger partial charge in [-0.05, 0) is 49.1 Å². The van der Waals surface area contributed by atoms with Gasteiger partial charge < -0.3 is 9.84 Å². The van der Waals surface area contributed by atoms with Crippen molar-refractivity contribution >= 4 is 17.6 Å². The van der Waals surface area contributed by atoms with Crippen LogP contribution >= 0.6 is 11.6 Å². The highest BCUT2D eigenvalue weighted by molar-refractivity contribution is 6.31. The lowest BCUT2D eigenvalue weighted by Gasteiger charge is -2.15. The van der Waals surface area contributed by atoms with Gasteiger partial charge >= 0.3 is 5.97 Å². The molecule has 0 spiro atoms. The Bertz CT molecular complexity index is 504. The van der Waals surface area contributed by atoms with E-state index < -0.39 is 5.97 Å². The Morgan fingerprint density at radius 3 is 2.63 bits per heavy atom. The van der Waals surface area contributed by atoms with Crippen LogP contribution in [-0.4, -0.2) is 17.7 Å². The van der Waals surface area contributed by atoms with E-state index in [2.05, 4.69) is 13.8 Å². The fraction of sp³-hybridized carbons (Fsp3) is 0.400. The summed E-state index contributed by atoms with van der Waals surface area (Å²) in [4.78, 5) is 10.7. The van der Waals surface area contributed by atoms with E-state index in [-0.39, 0.29) is 18.1 Å². The molecular weight excluding hydrogens is 264 g/mol. The van der Waals surface area contributed by atoms with Gasteiger partial charge in [-0.2, -0.15) is 0 Å². The van der Waals surface area contributed by atoms with Gasteiger partial charge in [0.15, 0.2) is 0 Å². The molecule has 0 atom stereocenters. The second-order valence-electron chi connectivity index (χ2n) is 4.80. The van der Waals surface area contributed by atoms with Gasteiger partial charge in [-0.1, -0.05) is 25.4 Å². The molecule has 1 N–H and O–H groups in total. The lowest BCUT2D eigenvalue weighted by Crippen LogP contribution is -2.03. The highest BCUT2D eigenvalue weighted by Gasteiger charge is 2.11. The molecule has 0 aliphatic heterocycles. The predicted molar refractivity (Wildman–Crippen MR) is 77.2 cm³/mol. The first-order chi connectivity index (χ1) is 8.82. The quantitative estimate of drug-likeness (QED) is 0.824. The van der Waals surface area contributed by atoms with E-state index in [1.54, 1.807) is 13.0 Å². The minimum absolute atomic E-state index is 0.235. The number of carbonyl (C=O) groups is 1. The molecule has 0 amide bonds. The van der Waals surface area contributed by atoms with Crippen LogP contribution in [0.4, 0.5) is 0 Å². The summed E-state index contributed by atoms with van der Waals surface area (Å²) in [6.07, 6.45) is 1.55. The van der Waals surface area contributed by atoms with Crippen molar-refractivity contribution in [1.29, 1.82) is 0 Å². The largest absolute Gasteiger partial charge is 0.489 e. The van der Waals surface area contributed by atoms with Crippen LogP contribution in [0.15, 0.2) is 23.8 Å². The SMILES string of the molecule is CC(=CCOc1cc(C)c(Cl)cc1C(C)C)C(=O)O. The lowest BCUT2D eigenvalue weighted by atomic mass is 10.0. The number of aliphatic carboxylic acids is 1. The van der Waals surface area contributed by atoms with Crippen LogP contribution in [0.3, 0.4) is 0 Å². The van der Waals surface area contributed by atoms with Gasteiger partial charge in [0.25, 0.3) is 0 Å². The fourth-order valence-corrected chi connectivity index (χ4v) is 1.76. The average Bonchev–Trinajstić information content (AvgIpc) is 2.32. The number of ether oxygens (including phenoxy) is 1. The Morgan fingerprint density at radius 1 is 1.47 bits per heavy atom. The molecule has 1 aromatic rings. The van der Waals surface area contributed by atoms with Crippen molar-refractivity contribution in [2.45, 2.75) is 33.6 Å². The van der Waals surface area contributed by atoms with Crippen molar-refractivity contribution in [3.8, 4) is 5.75 Å². The van der Waals surface area contributed by atoms with Crippen LogP contribution in [0.2, 0.25) is 5.02 Å². The van der Waals surface area contributed by atoms with Gasteiger partial charge in [0.05, 0.1) is 0 Å². The number of aryl methyl sites for hydroxylation is 1. The minimum atomic E-state index is -0.931. The molecule has 0 bridgehead atoms. The number of carboxylic acid groups (broad SMARTS) is 1. The number of rotatable bonds is 5. The molecule has 104 valence electrons. The first-order valence-electron chi connectivity index (χ1n) is 6.15. The predicted octanol–water partition coefficient (Wildman–Crippen LogP) is 4.18. The van der Waals surface area contributed by atoms with Crippen molar-refractivity contribution in [2.75, 3.05) is 6.61 Å². The fourth-order valence-electron chi connectivity index (χ4n) is 1.59. The summed E-state index contributed by atoms with van der Waals surface area (Å²) in [6, 6.07) is 3.80. The minimum Gasteiger partial charge on any atom is -0.489 e. The first kappa shape index (κ1) is 15.6. The molecule has 0 saturated heterocycles. The highest BCUT2D eigenvalue weighted by Crippen LogP contribution is 2.31. The molecule has 4 heteroatoms. The van der Waals surface area contributed by atoms with Gasteiger partial charge in [-0.25, -0.2) is 4.79 Å². The monoisotopic (exact) mass is 282 g/mol. The van der Waals surface area contributed by atoms with Crippen LogP contribution in [0, 0.1) is 6.92 Å². The standard InChI is InChI=1S/C15H19ClO3/c1-9(2)12-8-13(16)11(4)7-14(12)19-6-5-10(3)15(17)18/h5,7-9H,6H2,1-4H3,(H,17,18). The van der Waals surface area contributed by atoms with E-state index in [1.807, 2.05) is 19.1 Å². The molecule has 0 aromatic heterocycles. The number of hydrogen-bond acceptors (Lipinski definition) is 2. The summed E-state index contributed by atoms with van der Waals surface area (Å²) in [5, 5.41) is 9.48. The van der Waals surface area contributed by atoms with Crippen molar-refractivity contribution in [1.82, 2.24) is 0 Å². The van der Waals surface area contributed by atoms with Crippen molar-refractivity contribution < 1.29 is 14.6 Å². The van der Waals surface area contributed by atoms with Crippen LogP contribution in [0.25, 0.3) is 0 Å². The zero-order chi connectivity index (χ0) is 14.6. The number of carboxylic acids is 1. The first-order valence-corrected chi connectivity index (χ1v) is 6.53. The van der Waals surface area contributed by atoms with Gasteiger partial charge in [0.1, 0.15) is 12.4 Å². The Morgan fingerprint density at radius 2 is 2.11 bits per heavy atom. The second kappa shape index (κ2) is 6.62. The second-order valence-corrected chi connectivity index (χ2v) is 5.20. The smallest absolute Gasteiger partial charge is 0.331 e. The van der Waals surface area contributed by atoms with Gasteiger partial charge in [-0.15, -0.1) is 0 Å². The lowest BCUT2D eigenvalue weighted by molar-refractivity contribution is -0.132. The third-order valence-electron chi connectivity index (χ3n) is 2.88. The van der Waals surface area contributed by atoms with Gasteiger partial charge in [0.2, 0.25) is 0 Å². The van der Waals surface area contributed by atoms with E-state index in [4.69, 9.17) is 21.4 Å². The van der Waals surface area contributed by atoms with Crippen LogP contribution in [0.1, 0.15) is 37.8 Å². The Labute approximate surface area is 118 Å². The Balaban J connectivity index is 2.91. The molecule has 1 aromatic carbocycles. The van der Waals surface area contributed by atoms with Gasteiger partial charge in [0, 0.05) is 10.6 Å². The third kappa shape index (κ3) is 4.28. The maximum absolute atomic E-state index is 10.7. The maximum Gasteiger partial charge on any atom is 0.331 e. The number of hydrogen-bond donors (Lipinski definition) is 1. The molecule has 0 aliphatic carbocycles. The highest BCUT2D eigenvalue weighted by atomic mass is 35.5. The summed E-state index contributed by atoms with van der Waals surface area (Å²) in [5.74, 6) is 0.115. The number of benzene rings is 1. The van der Waals surface area contributed by atoms with Crippen molar-refractivity contribution in [3.63, 3.8) is 0 Å². The molecule has 0 unspecified atom stereocenters. The Kier molecular flexibility index (Phi) is 5.43. The summed E-state index contributed by atoms with van der Waals surface area (Å²) >= 11 is 6.11. The van der Waals surface area contributed by atoms with Gasteiger partial charge in [-0.3, -0.25) is 0 Å². The summed E-state index contributed by atoms with van der Waals surface area (Å²) < 4.78 is 5.66. The normalized spacial score (nSPS) is 11.8. The average molecular weight is 283 g/mol. The van der Waals surface area contributed by atoms with Crippen LogP contribution in [0.5, 0.6) is 5.75 Å². The molecular formula is C15H19ClO3.